The summed E-state index contributed by atoms with van der Waals surface area (Å²) < 4.78 is 7.01. The lowest BCUT2D eigenvalue weighted by molar-refractivity contribution is 0.366. The smallest absolute Gasteiger partial charge is 0.276 e. The molecule has 0 aromatic carbocycles. The van der Waals surface area contributed by atoms with Crippen LogP contribution in [0.1, 0.15) is 31.1 Å². The van der Waals surface area contributed by atoms with Crippen LogP contribution in [-0.4, -0.2) is 26.5 Å². The van der Waals surface area contributed by atoms with Crippen LogP contribution in [0.2, 0.25) is 0 Å². The second kappa shape index (κ2) is 4.29. The summed E-state index contributed by atoms with van der Waals surface area (Å²) >= 11 is 0. The molecule has 90 valence electrons. The molecule has 0 spiro atoms. The minimum absolute atomic E-state index is 0.231. The molecular weight excluding hydrogens is 218 g/mol. The highest BCUT2D eigenvalue weighted by Gasteiger charge is 2.21. The number of aryl methyl sites for hydroxylation is 1. The maximum Gasteiger partial charge on any atom is 0.276 e. The fraction of sp³-hybridized carbons (Fsp3) is 0.545. The van der Waals surface area contributed by atoms with Gasteiger partial charge in [-0.3, -0.25) is 4.68 Å². The lowest BCUT2D eigenvalue weighted by Gasteiger charge is -2.19. The molecule has 6 nitrogen and oxygen atoms in total. The zero-order valence-corrected chi connectivity index (χ0v) is 9.76. The summed E-state index contributed by atoms with van der Waals surface area (Å²) in [4.78, 5) is 4.44. The first-order chi connectivity index (χ1) is 8.34. The van der Waals surface area contributed by atoms with Crippen LogP contribution in [0.15, 0.2) is 16.8 Å². The number of piperidine rings is 1. The molecule has 0 radical (unpaired) electrons. The molecule has 17 heavy (non-hydrogen) atoms. The van der Waals surface area contributed by atoms with Gasteiger partial charge in [0.05, 0.1) is 6.04 Å². The van der Waals surface area contributed by atoms with Gasteiger partial charge in [-0.2, -0.15) is 10.1 Å². The Bertz CT molecular complexity index is 497. The summed E-state index contributed by atoms with van der Waals surface area (Å²) in [5.41, 5.74) is 0.847. The van der Waals surface area contributed by atoms with Crippen molar-refractivity contribution in [1.82, 2.24) is 25.2 Å². The molecule has 0 bridgehead atoms. The second-order valence-corrected chi connectivity index (χ2v) is 4.30. The van der Waals surface area contributed by atoms with Gasteiger partial charge in [0.25, 0.3) is 5.89 Å². The molecule has 1 fully saturated rings. The van der Waals surface area contributed by atoms with Crippen molar-refractivity contribution in [3.05, 3.63) is 18.1 Å². The van der Waals surface area contributed by atoms with E-state index in [4.69, 9.17) is 4.52 Å². The average molecular weight is 233 g/mol. The van der Waals surface area contributed by atoms with Gasteiger partial charge < -0.3 is 9.84 Å². The number of nitrogens with zero attached hydrogens (tertiary/aromatic N) is 4. The highest BCUT2D eigenvalue weighted by Crippen LogP contribution is 2.23. The molecule has 1 N–H and O–H groups in total. The van der Waals surface area contributed by atoms with Crippen molar-refractivity contribution in [2.75, 3.05) is 6.54 Å². The van der Waals surface area contributed by atoms with Crippen molar-refractivity contribution in [2.45, 2.75) is 25.3 Å². The van der Waals surface area contributed by atoms with Crippen LogP contribution in [0.4, 0.5) is 0 Å². The molecule has 1 unspecified atom stereocenters. The van der Waals surface area contributed by atoms with Crippen LogP contribution < -0.4 is 5.32 Å². The molecule has 3 rings (SSSR count). The van der Waals surface area contributed by atoms with E-state index in [-0.39, 0.29) is 6.04 Å². The predicted molar refractivity (Wildman–Crippen MR) is 61.1 cm³/mol. The predicted octanol–water partition coefficient (Wildman–Crippen LogP) is 1.28. The number of hydrogen-bond donors (Lipinski definition) is 1. The van der Waals surface area contributed by atoms with Gasteiger partial charge in [0.15, 0.2) is 5.82 Å². The molecule has 0 aliphatic carbocycles. The summed E-state index contributed by atoms with van der Waals surface area (Å²) in [6.45, 7) is 1.03. The number of rotatable bonds is 2. The first-order valence-corrected chi connectivity index (χ1v) is 5.90. The number of hydrogen-bond acceptors (Lipinski definition) is 5. The normalized spacial score (nSPS) is 20.6. The lowest BCUT2D eigenvalue weighted by Crippen LogP contribution is -2.27. The minimum Gasteiger partial charge on any atom is -0.332 e. The van der Waals surface area contributed by atoms with Crippen molar-refractivity contribution in [2.24, 2.45) is 7.05 Å². The van der Waals surface area contributed by atoms with Crippen molar-refractivity contribution >= 4 is 0 Å². The molecule has 0 amide bonds. The highest BCUT2D eigenvalue weighted by molar-refractivity contribution is 5.45. The largest absolute Gasteiger partial charge is 0.332 e. The Morgan fingerprint density at radius 2 is 2.41 bits per heavy atom. The Labute approximate surface area is 99.0 Å². The first-order valence-electron chi connectivity index (χ1n) is 5.90. The van der Waals surface area contributed by atoms with Crippen LogP contribution in [0.25, 0.3) is 11.6 Å². The van der Waals surface area contributed by atoms with Crippen molar-refractivity contribution in [3.8, 4) is 11.6 Å². The summed E-state index contributed by atoms with van der Waals surface area (Å²) in [6, 6.07) is 2.10. The SMILES string of the molecule is Cn1nccc1-c1nc(C2CCCCN2)no1. The first kappa shape index (κ1) is 10.5. The summed E-state index contributed by atoms with van der Waals surface area (Å²) in [5, 5.41) is 11.5. The summed E-state index contributed by atoms with van der Waals surface area (Å²) in [5.74, 6) is 1.29. The molecule has 2 aromatic rings. The van der Waals surface area contributed by atoms with Gasteiger partial charge in [-0.05, 0) is 25.5 Å². The maximum atomic E-state index is 5.28. The standard InChI is InChI=1S/C11H15N5O/c1-16-9(5-7-13-16)11-14-10(15-17-11)8-4-2-3-6-12-8/h5,7-8,12H,2-4,6H2,1H3. The Hall–Kier alpha value is -1.69. The zero-order chi connectivity index (χ0) is 11.7. The van der Waals surface area contributed by atoms with E-state index in [1.807, 2.05) is 13.1 Å². The summed E-state index contributed by atoms with van der Waals surface area (Å²) in [7, 11) is 1.86. The van der Waals surface area contributed by atoms with Crippen molar-refractivity contribution in [1.29, 1.82) is 0 Å². The maximum absolute atomic E-state index is 5.28. The summed E-state index contributed by atoms with van der Waals surface area (Å²) in [6.07, 6.45) is 5.23. The molecule has 6 heteroatoms. The van der Waals surface area contributed by atoms with E-state index in [1.165, 1.54) is 12.8 Å². The molecule has 2 aromatic heterocycles. The van der Waals surface area contributed by atoms with Crippen LogP contribution >= 0.6 is 0 Å². The van der Waals surface area contributed by atoms with Gasteiger partial charge in [-0.1, -0.05) is 11.6 Å². The molecule has 1 aliphatic heterocycles. The lowest BCUT2D eigenvalue weighted by atomic mass is 10.0. The molecule has 1 saturated heterocycles. The van der Waals surface area contributed by atoms with Crippen LogP contribution in [0, 0.1) is 0 Å². The number of aromatic nitrogens is 4. The Kier molecular flexibility index (Phi) is 2.64. The monoisotopic (exact) mass is 233 g/mol. The zero-order valence-electron chi connectivity index (χ0n) is 9.76. The molecule has 3 heterocycles. The van der Waals surface area contributed by atoms with Crippen LogP contribution in [0.3, 0.4) is 0 Å². The molecule has 1 atom stereocenters. The van der Waals surface area contributed by atoms with Gasteiger partial charge in [-0.25, -0.2) is 0 Å². The van der Waals surface area contributed by atoms with E-state index in [2.05, 4.69) is 20.6 Å². The quantitative estimate of drug-likeness (QED) is 0.846. The molecular formula is C11H15N5O. The van der Waals surface area contributed by atoms with Crippen LogP contribution in [-0.2, 0) is 7.05 Å². The van der Waals surface area contributed by atoms with Crippen molar-refractivity contribution < 1.29 is 4.52 Å². The van der Waals surface area contributed by atoms with Crippen LogP contribution in [0.5, 0.6) is 0 Å². The van der Waals surface area contributed by atoms with E-state index in [0.29, 0.717) is 5.89 Å². The molecule has 1 aliphatic rings. The fourth-order valence-electron chi connectivity index (χ4n) is 2.14. The Morgan fingerprint density at radius 3 is 3.12 bits per heavy atom. The van der Waals surface area contributed by atoms with E-state index in [1.54, 1.807) is 10.9 Å². The average Bonchev–Trinajstić information content (AvgIpc) is 2.98. The third-order valence-corrected chi connectivity index (χ3v) is 3.10. The van der Waals surface area contributed by atoms with Crippen molar-refractivity contribution in [3.63, 3.8) is 0 Å². The van der Waals surface area contributed by atoms with E-state index >= 15 is 0 Å². The van der Waals surface area contributed by atoms with Gasteiger partial charge in [0, 0.05) is 13.2 Å². The van der Waals surface area contributed by atoms with E-state index in [0.717, 1.165) is 24.5 Å². The Morgan fingerprint density at radius 1 is 1.47 bits per heavy atom. The minimum atomic E-state index is 0.231. The third-order valence-electron chi connectivity index (χ3n) is 3.10. The highest BCUT2D eigenvalue weighted by atomic mass is 16.5. The van der Waals surface area contributed by atoms with Gasteiger partial charge >= 0.3 is 0 Å². The van der Waals surface area contributed by atoms with E-state index in [9.17, 15) is 0 Å². The number of nitrogens with one attached hydrogen (secondary N) is 1. The van der Waals surface area contributed by atoms with Gasteiger partial charge in [0.2, 0.25) is 0 Å². The Balaban J connectivity index is 1.85. The van der Waals surface area contributed by atoms with E-state index < -0.39 is 0 Å². The topological polar surface area (TPSA) is 68.8 Å². The second-order valence-electron chi connectivity index (χ2n) is 4.30. The fourth-order valence-corrected chi connectivity index (χ4v) is 2.14. The third kappa shape index (κ3) is 1.95. The molecule has 0 saturated carbocycles. The van der Waals surface area contributed by atoms with Gasteiger partial charge in [0.1, 0.15) is 5.69 Å². The van der Waals surface area contributed by atoms with Gasteiger partial charge in [-0.15, -0.1) is 0 Å².